The van der Waals surface area contributed by atoms with Crippen LogP contribution in [0, 0.1) is 0 Å². The molecular formula is C23H21N3O. The van der Waals surface area contributed by atoms with Gasteiger partial charge in [-0.1, -0.05) is 72.8 Å². The number of aromatic nitrogens is 2. The Morgan fingerprint density at radius 3 is 2.52 bits per heavy atom. The SMILES string of the molecule is Cn1ccnc1[C@@H](NC(=O)Cc1cccc2ccccc12)c1ccccc1. The molecule has 0 saturated heterocycles. The van der Waals surface area contributed by atoms with Crippen molar-refractivity contribution >= 4 is 16.7 Å². The van der Waals surface area contributed by atoms with Crippen LogP contribution in [-0.4, -0.2) is 15.5 Å². The lowest BCUT2D eigenvalue weighted by Crippen LogP contribution is -2.32. The Bertz CT molecular complexity index is 1060. The first kappa shape index (κ1) is 17.0. The highest BCUT2D eigenvalue weighted by Crippen LogP contribution is 2.22. The summed E-state index contributed by atoms with van der Waals surface area (Å²) in [7, 11) is 1.94. The topological polar surface area (TPSA) is 46.9 Å². The lowest BCUT2D eigenvalue weighted by Gasteiger charge is -2.19. The highest BCUT2D eigenvalue weighted by molar-refractivity contribution is 5.90. The van der Waals surface area contributed by atoms with E-state index in [-0.39, 0.29) is 11.9 Å². The number of nitrogens with zero attached hydrogens (tertiary/aromatic N) is 2. The molecule has 0 bridgehead atoms. The number of carbonyl (C=O) groups excluding carboxylic acids is 1. The quantitative estimate of drug-likeness (QED) is 0.588. The van der Waals surface area contributed by atoms with Gasteiger partial charge in [0.15, 0.2) is 0 Å². The molecule has 1 amide bonds. The number of hydrogen-bond donors (Lipinski definition) is 1. The minimum Gasteiger partial charge on any atom is -0.342 e. The van der Waals surface area contributed by atoms with Gasteiger partial charge in [0.1, 0.15) is 11.9 Å². The molecule has 4 nitrogen and oxygen atoms in total. The predicted octanol–water partition coefficient (Wildman–Crippen LogP) is 4.02. The number of rotatable bonds is 5. The van der Waals surface area contributed by atoms with Crippen LogP contribution >= 0.6 is 0 Å². The molecule has 1 atom stereocenters. The summed E-state index contributed by atoms with van der Waals surface area (Å²) in [6.45, 7) is 0. The molecule has 0 aliphatic rings. The summed E-state index contributed by atoms with van der Waals surface area (Å²) in [5, 5.41) is 5.43. The Kier molecular flexibility index (Phi) is 4.71. The summed E-state index contributed by atoms with van der Waals surface area (Å²) in [6, 6.07) is 23.9. The summed E-state index contributed by atoms with van der Waals surface area (Å²) in [5.74, 6) is 0.788. The minimum atomic E-state index is -0.284. The molecule has 3 aromatic carbocycles. The fraction of sp³-hybridized carbons (Fsp3) is 0.130. The van der Waals surface area contributed by atoms with Crippen LogP contribution in [0.2, 0.25) is 0 Å². The first-order chi connectivity index (χ1) is 13.2. The third-order valence-electron chi connectivity index (χ3n) is 4.79. The van der Waals surface area contributed by atoms with Crippen molar-refractivity contribution in [3.8, 4) is 0 Å². The molecule has 4 aromatic rings. The van der Waals surface area contributed by atoms with Crippen molar-refractivity contribution in [3.63, 3.8) is 0 Å². The number of imidazole rings is 1. The maximum Gasteiger partial charge on any atom is 0.225 e. The van der Waals surface area contributed by atoms with Crippen molar-refractivity contribution < 1.29 is 4.79 Å². The van der Waals surface area contributed by atoms with Crippen molar-refractivity contribution in [1.82, 2.24) is 14.9 Å². The number of fused-ring (bicyclic) bond motifs is 1. The first-order valence-corrected chi connectivity index (χ1v) is 9.00. The maximum absolute atomic E-state index is 12.9. The molecule has 4 rings (SSSR count). The molecule has 27 heavy (non-hydrogen) atoms. The van der Waals surface area contributed by atoms with Gasteiger partial charge in [0, 0.05) is 19.4 Å². The zero-order valence-corrected chi connectivity index (χ0v) is 15.2. The number of aryl methyl sites for hydroxylation is 1. The molecule has 134 valence electrons. The number of benzene rings is 3. The lowest BCUT2D eigenvalue weighted by molar-refractivity contribution is -0.121. The van der Waals surface area contributed by atoms with Crippen LogP contribution in [0.15, 0.2) is 85.2 Å². The lowest BCUT2D eigenvalue weighted by atomic mass is 10.0. The average Bonchev–Trinajstić information content (AvgIpc) is 3.13. The maximum atomic E-state index is 12.9. The van der Waals surface area contributed by atoms with Gasteiger partial charge in [-0.05, 0) is 21.9 Å². The Morgan fingerprint density at radius 2 is 1.74 bits per heavy atom. The normalized spacial score (nSPS) is 12.0. The van der Waals surface area contributed by atoms with E-state index < -0.39 is 0 Å². The van der Waals surface area contributed by atoms with Gasteiger partial charge < -0.3 is 9.88 Å². The van der Waals surface area contributed by atoms with Crippen molar-refractivity contribution in [3.05, 3.63) is 102 Å². The summed E-state index contributed by atoms with van der Waals surface area (Å²) in [4.78, 5) is 17.3. The van der Waals surface area contributed by atoms with E-state index >= 15 is 0 Å². The molecular weight excluding hydrogens is 334 g/mol. The molecule has 0 spiro atoms. The molecule has 1 N–H and O–H groups in total. The molecule has 0 unspecified atom stereocenters. The number of amides is 1. The van der Waals surface area contributed by atoms with Gasteiger partial charge >= 0.3 is 0 Å². The molecule has 1 heterocycles. The second-order valence-corrected chi connectivity index (χ2v) is 6.62. The average molecular weight is 355 g/mol. The Labute approximate surface area is 158 Å². The van der Waals surface area contributed by atoms with Gasteiger partial charge in [-0.25, -0.2) is 4.98 Å². The van der Waals surface area contributed by atoms with E-state index in [0.717, 1.165) is 27.7 Å². The summed E-state index contributed by atoms with van der Waals surface area (Å²) in [6.07, 6.45) is 3.97. The van der Waals surface area contributed by atoms with E-state index in [0.29, 0.717) is 6.42 Å². The largest absolute Gasteiger partial charge is 0.342 e. The summed E-state index contributed by atoms with van der Waals surface area (Å²) >= 11 is 0. The fourth-order valence-electron chi connectivity index (χ4n) is 3.43. The number of carbonyl (C=O) groups is 1. The second-order valence-electron chi connectivity index (χ2n) is 6.62. The van der Waals surface area contributed by atoms with Crippen molar-refractivity contribution in [2.75, 3.05) is 0 Å². The van der Waals surface area contributed by atoms with Crippen molar-refractivity contribution in [1.29, 1.82) is 0 Å². The summed E-state index contributed by atoms with van der Waals surface area (Å²) in [5.41, 5.74) is 2.04. The fourth-order valence-corrected chi connectivity index (χ4v) is 3.43. The highest BCUT2D eigenvalue weighted by atomic mass is 16.1. The van der Waals surface area contributed by atoms with Crippen LogP contribution in [0.4, 0.5) is 0 Å². The number of nitrogens with one attached hydrogen (secondary N) is 1. The monoisotopic (exact) mass is 355 g/mol. The van der Waals surface area contributed by atoms with Crippen molar-refractivity contribution in [2.24, 2.45) is 7.05 Å². The van der Waals surface area contributed by atoms with E-state index in [2.05, 4.69) is 28.5 Å². The molecule has 0 fully saturated rings. The number of hydrogen-bond acceptors (Lipinski definition) is 2. The van der Waals surface area contributed by atoms with Crippen LogP contribution < -0.4 is 5.32 Å². The van der Waals surface area contributed by atoms with E-state index in [1.165, 1.54) is 0 Å². The van der Waals surface area contributed by atoms with E-state index in [1.807, 2.05) is 72.4 Å². The molecule has 1 aromatic heterocycles. The zero-order valence-electron chi connectivity index (χ0n) is 15.2. The smallest absolute Gasteiger partial charge is 0.225 e. The van der Waals surface area contributed by atoms with Crippen molar-refractivity contribution in [2.45, 2.75) is 12.5 Å². The van der Waals surface area contributed by atoms with E-state index in [4.69, 9.17) is 0 Å². The molecule has 0 radical (unpaired) electrons. The predicted molar refractivity (Wildman–Crippen MR) is 107 cm³/mol. The molecule has 0 aliphatic carbocycles. The van der Waals surface area contributed by atoms with Gasteiger partial charge in [-0.2, -0.15) is 0 Å². The van der Waals surface area contributed by atoms with Crippen LogP contribution in [0.1, 0.15) is 23.0 Å². The van der Waals surface area contributed by atoms with Gasteiger partial charge in [-0.15, -0.1) is 0 Å². The van der Waals surface area contributed by atoms with Crippen LogP contribution in [-0.2, 0) is 18.3 Å². The minimum absolute atomic E-state index is 0.0248. The second kappa shape index (κ2) is 7.46. The van der Waals surface area contributed by atoms with E-state index in [1.54, 1.807) is 6.20 Å². The first-order valence-electron chi connectivity index (χ1n) is 9.00. The van der Waals surface area contributed by atoms with E-state index in [9.17, 15) is 4.79 Å². The van der Waals surface area contributed by atoms with Crippen LogP contribution in [0.25, 0.3) is 10.8 Å². The summed E-state index contributed by atoms with van der Waals surface area (Å²) < 4.78 is 1.94. The molecule has 0 aliphatic heterocycles. The highest BCUT2D eigenvalue weighted by Gasteiger charge is 2.20. The van der Waals surface area contributed by atoms with Gasteiger partial charge in [0.05, 0.1) is 6.42 Å². The molecule has 4 heteroatoms. The van der Waals surface area contributed by atoms with Gasteiger partial charge in [0.2, 0.25) is 5.91 Å². The standard InChI is InChI=1S/C23H21N3O/c1-26-15-14-24-23(26)22(18-9-3-2-4-10-18)25-21(27)16-19-12-7-11-17-8-5-6-13-20(17)19/h2-15,22H,16H2,1H3,(H,25,27)/t22-/m0/s1. The third-order valence-corrected chi connectivity index (χ3v) is 4.79. The third kappa shape index (κ3) is 3.60. The Hall–Kier alpha value is -3.40. The zero-order chi connectivity index (χ0) is 18.6. The Morgan fingerprint density at radius 1 is 1.00 bits per heavy atom. The van der Waals surface area contributed by atoms with Gasteiger partial charge in [-0.3, -0.25) is 4.79 Å². The Balaban J connectivity index is 1.61. The molecule has 0 saturated carbocycles. The van der Waals surface area contributed by atoms with Crippen LogP contribution in [0.3, 0.4) is 0 Å². The van der Waals surface area contributed by atoms with Gasteiger partial charge in [0.25, 0.3) is 0 Å². The van der Waals surface area contributed by atoms with Crippen LogP contribution in [0.5, 0.6) is 0 Å².